The molecule has 1 aliphatic rings. The number of nitrogens with zero attached hydrogens (tertiary/aromatic N) is 1. The van der Waals surface area contributed by atoms with E-state index in [1.807, 2.05) is 38.1 Å². The van der Waals surface area contributed by atoms with Gasteiger partial charge in [-0.05, 0) is 48.0 Å². The Kier molecular flexibility index (Phi) is 5.66. The van der Waals surface area contributed by atoms with E-state index in [4.69, 9.17) is 8.83 Å². The highest BCUT2D eigenvalue weighted by Crippen LogP contribution is 2.44. The molecular formula is C34H21F4NO3. The van der Waals surface area contributed by atoms with E-state index in [0.717, 1.165) is 29.8 Å². The number of fused-ring (bicyclic) bond motifs is 4. The zero-order valence-electron chi connectivity index (χ0n) is 22.3. The largest absolute Gasteiger partial charge is 0.452 e. The molecule has 4 aromatic carbocycles. The third-order valence-corrected chi connectivity index (χ3v) is 7.67. The van der Waals surface area contributed by atoms with Gasteiger partial charge in [0.2, 0.25) is 0 Å². The van der Waals surface area contributed by atoms with Gasteiger partial charge in [0.25, 0.3) is 0 Å². The normalized spacial score (nSPS) is 15.2. The summed E-state index contributed by atoms with van der Waals surface area (Å²) in [5.74, 6) is -3.00. The molecule has 0 radical (unpaired) electrons. The Labute approximate surface area is 237 Å². The predicted molar refractivity (Wildman–Crippen MR) is 152 cm³/mol. The number of allylic oxidation sites excluding steroid dienone is 1. The first-order valence-corrected chi connectivity index (χ1v) is 13.1. The molecule has 6 aromatic rings. The topological polar surface area (TPSA) is 46.6 Å². The van der Waals surface area contributed by atoms with Crippen LogP contribution in [0.3, 0.4) is 0 Å². The van der Waals surface area contributed by atoms with Crippen molar-refractivity contribution in [2.24, 2.45) is 0 Å². The van der Waals surface area contributed by atoms with Crippen molar-refractivity contribution >= 4 is 51.1 Å². The van der Waals surface area contributed by atoms with Crippen molar-refractivity contribution < 1.29 is 31.2 Å². The van der Waals surface area contributed by atoms with E-state index >= 15 is 0 Å². The summed E-state index contributed by atoms with van der Waals surface area (Å²) in [5, 5.41) is 0.606. The average Bonchev–Trinajstić information content (AvgIpc) is 3.52. The zero-order valence-corrected chi connectivity index (χ0v) is 22.3. The van der Waals surface area contributed by atoms with Gasteiger partial charge < -0.3 is 13.7 Å². The van der Waals surface area contributed by atoms with E-state index in [0.29, 0.717) is 56.9 Å². The number of carbonyl (C=O) groups is 1. The van der Waals surface area contributed by atoms with Crippen LogP contribution in [0.5, 0.6) is 0 Å². The summed E-state index contributed by atoms with van der Waals surface area (Å²) in [5.41, 5.74) is 3.35. The fourth-order valence-electron chi connectivity index (χ4n) is 5.74. The third-order valence-electron chi connectivity index (χ3n) is 7.67. The Hall–Kier alpha value is -5.11. The molecule has 0 fully saturated rings. The molecule has 208 valence electrons. The molecule has 7 rings (SSSR count). The number of halogens is 4. The van der Waals surface area contributed by atoms with Gasteiger partial charge in [-0.3, -0.25) is 4.79 Å². The lowest BCUT2D eigenvalue weighted by Gasteiger charge is -2.25. The van der Waals surface area contributed by atoms with Gasteiger partial charge in [0.05, 0.1) is 16.8 Å². The van der Waals surface area contributed by atoms with Crippen LogP contribution < -0.4 is 4.90 Å². The molecule has 2 heterocycles. The molecular weight excluding hydrogens is 546 g/mol. The highest BCUT2D eigenvalue weighted by molar-refractivity contribution is 6.17. The Bertz CT molecular complexity index is 2010. The van der Waals surface area contributed by atoms with Crippen LogP contribution in [0.2, 0.25) is 0 Å². The summed E-state index contributed by atoms with van der Waals surface area (Å²) in [6.07, 6.45) is 1.73. The van der Waals surface area contributed by atoms with E-state index in [1.54, 1.807) is 30.3 Å². The summed E-state index contributed by atoms with van der Waals surface area (Å²) in [6.45, 7) is 3.99. The third kappa shape index (κ3) is 4.10. The maximum Gasteiger partial charge on any atom is 0.190 e. The van der Waals surface area contributed by atoms with E-state index in [-0.39, 0.29) is 17.2 Å². The van der Waals surface area contributed by atoms with Crippen LogP contribution >= 0.6 is 0 Å². The van der Waals surface area contributed by atoms with Crippen molar-refractivity contribution in [2.75, 3.05) is 4.90 Å². The van der Waals surface area contributed by atoms with Gasteiger partial charge in [-0.15, -0.1) is 0 Å². The molecule has 4 nitrogen and oxygen atoms in total. The molecule has 0 atom stereocenters. The van der Waals surface area contributed by atoms with Crippen molar-refractivity contribution in [1.82, 2.24) is 0 Å². The van der Waals surface area contributed by atoms with Crippen LogP contribution in [0.4, 0.5) is 34.6 Å². The summed E-state index contributed by atoms with van der Waals surface area (Å²) in [7, 11) is 0. The van der Waals surface area contributed by atoms with Crippen LogP contribution in [0.15, 0.2) is 99.3 Å². The number of anilines is 3. The molecule has 1 aliphatic carbocycles. The summed E-state index contributed by atoms with van der Waals surface area (Å²) in [4.78, 5) is 14.5. The highest BCUT2D eigenvalue weighted by Gasteiger charge is 2.40. The number of hydrogen-bond acceptors (Lipinski definition) is 4. The summed E-state index contributed by atoms with van der Waals surface area (Å²) in [6, 6.07) is 19.8. The van der Waals surface area contributed by atoms with Gasteiger partial charge in [-0.2, -0.15) is 0 Å². The second-order valence-corrected chi connectivity index (χ2v) is 10.8. The minimum absolute atomic E-state index is 0.0193. The average molecular weight is 568 g/mol. The van der Waals surface area contributed by atoms with Gasteiger partial charge in [0.15, 0.2) is 16.9 Å². The van der Waals surface area contributed by atoms with E-state index in [2.05, 4.69) is 0 Å². The van der Waals surface area contributed by atoms with Crippen LogP contribution in [-0.2, 0) is 5.41 Å². The lowest BCUT2D eigenvalue weighted by atomic mass is 9.82. The predicted octanol–water partition coefficient (Wildman–Crippen LogP) is 9.76. The molecule has 0 unspecified atom stereocenters. The first-order valence-electron chi connectivity index (χ1n) is 13.1. The number of Topliss-reactive ketones (excluding diaryl/α,β-unsaturated/α-hetero) is 1. The molecule has 0 N–H and O–H groups in total. The zero-order chi connectivity index (χ0) is 29.3. The van der Waals surface area contributed by atoms with Crippen molar-refractivity contribution in [3.8, 4) is 0 Å². The monoisotopic (exact) mass is 567 g/mol. The number of rotatable bonds is 4. The molecule has 2 aromatic heterocycles. The molecule has 0 saturated heterocycles. The minimum atomic E-state index is -0.850. The Balaban J connectivity index is 1.32. The summed E-state index contributed by atoms with van der Waals surface area (Å²) >= 11 is 0. The second kappa shape index (κ2) is 9.21. The van der Waals surface area contributed by atoms with Crippen LogP contribution in [0.1, 0.15) is 35.5 Å². The maximum absolute atomic E-state index is 14.2. The van der Waals surface area contributed by atoms with Gasteiger partial charge in [-0.1, -0.05) is 38.1 Å². The fraction of sp³-hybridized carbons (Fsp3) is 0.0882. The first-order chi connectivity index (χ1) is 20.1. The number of benzene rings is 4. The molecule has 0 bridgehead atoms. The number of carbonyl (C=O) groups excluding carboxylic acids is 1. The van der Waals surface area contributed by atoms with Gasteiger partial charge in [0.1, 0.15) is 34.6 Å². The van der Waals surface area contributed by atoms with Crippen molar-refractivity contribution in [1.29, 1.82) is 0 Å². The molecule has 0 amide bonds. The second-order valence-electron chi connectivity index (χ2n) is 10.8. The molecule has 0 aliphatic heterocycles. The molecule has 42 heavy (non-hydrogen) atoms. The Morgan fingerprint density at radius 3 is 1.93 bits per heavy atom. The maximum atomic E-state index is 14.2. The SMILES string of the molecule is CC1(C)/C(=C/c2cc3oc4cc(N(c5cc(F)cc(F)c5)c5cc(F)cc(F)c5)ccc4c3o2)C(=O)c2ccccc21. The van der Waals surface area contributed by atoms with Crippen LogP contribution in [0, 0.1) is 23.3 Å². The lowest BCUT2D eigenvalue weighted by Crippen LogP contribution is -2.16. The van der Waals surface area contributed by atoms with Gasteiger partial charge >= 0.3 is 0 Å². The molecule has 0 saturated carbocycles. The quantitative estimate of drug-likeness (QED) is 0.157. The Morgan fingerprint density at radius 1 is 0.690 bits per heavy atom. The van der Waals surface area contributed by atoms with E-state index in [1.165, 1.54) is 4.90 Å². The fourth-order valence-corrected chi connectivity index (χ4v) is 5.74. The Morgan fingerprint density at radius 2 is 1.31 bits per heavy atom. The van der Waals surface area contributed by atoms with E-state index in [9.17, 15) is 22.4 Å². The minimum Gasteiger partial charge on any atom is -0.452 e. The van der Waals surface area contributed by atoms with Gasteiger partial charge in [-0.25, -0.2) is 17.6 Å². The highest BCUT2D eigenvalue weighted by atomic mass is 19.1. The van der Waals surface area contributed by atoms with Crippen LogP contribution in [-0.4, -0.2) is 5.78 Å². The van der Waals surface area contributed by atoms with Crippen LogP contribution in [0.25, 0.3) is 28.2 Å². The van der Waals surface area contributed by atoms with Crippen molar-refractivity contribution in [3.63, 3.8) is 0 Å². The smallest absolute Gasteiger partial charge is 0.190 e. The standard InChI is InChI=1S/C34H21F4NO3/c1-34(2)28-6-4-3-5-26(28)32(40)29(34)16-25-17-31-33(41-25)27-8-7-22(15-30(27)42-31)39(23-11-18(35)9-19(36)12-23)24-13-20(37)10-21(38)14-24/h3-17H,1-2H3/b29-16+. The first kappa shape index (κ1) is 25.8. The summed E-state index contributed by atoms with van der Waals surface area (Å²) < 4.78 is 68.9. The molecule has 8 heteroatoms. The number of furan rings is 2. The molecule has 0 spiro atoms. The number of ketones is 1. The van der Waals surface area contributed by atoms with E-state index < -0.39 is 28.7 Å². The van der Waals surface area contributed by atoms with Crippen molar-refractivity contribution in [3.05, 3.63) is 131 Å². The van der Waals surface area contributed by atoms with Crippen molar-refractivity contribution in [2.45, 2.75) is 19.3 Å². The number of hydrogen-bond donors (Lipinski definition) is 0. The lowest BCUT2D eigenvalue weighted by molar-refractivity contribution is 0.103. The van der Waals surface area contributed by atoms with Gasteiger partial charge in [0, 0.05) is 46.5 Å².